The van der Waals surface area contributed by atoms with Gasteiger partial charge in [0.1, 0.15) is 12.4 Å². The smallest absolute Gasteiger partial charge is 0.258 e. The Balaban J connectivity index is 1.21. The van der Waals surface area contributed by atoms with E-state index in [1.165, 1.54) is 0 Å². The third-order valence-electron chi connectivity index (χ3n) is 6.29. The van der Waals surface area contributed by atoms with Crippen LogP contribution in [0, 0.1) is 0 Å². The molecule has 33 heavy (non-hydrogen) atoms. The minimum atomic E-state index is 0.0371. The molecule has 172 valence electrons. The summed E-state index contributed by atoms with van der Waals surface area (Å²) in [5, 5.41) is 4.23. The summed E-state index contributed by atoms with van der Waals surface area (Å²) in [5.74, 6) is 0.720. The average Bonchev–Trinajstić information content (AvgIpc) is 3.28. The van der Waals surface area contributed by atoms with E-state index in [-0.39, 0.29) is 5.91 Å². The molecular formula is C26H30N4O3. The summed E-state index contributed by atoms with van der Waals surface area (Å²) < 4.78 is 13.5. The van der Waals surface area contributed by atoms with E-state index < -0.39 is 0 Å². The molecule has 0 atom stereocenters. The minimum Gasteiger partial charge on any atom is -0.491 e. The van der Waals surface area contributed by atoms with E-state index >= 15 is 0 Å². The van der Waals surface area contributed by atoms with Crippen molar-refractivity contribution in [3.05, 3.63) is 71.5 Å². The molecule has 2 aliphatic heterocycles. The second-order valence-electron chi connectivity index (χ2n) is 8.76. The number of carbonyl (C=O) groups is 1. The van der Waals surface area contributed by atoms with Gasteiger partial charge in [-0.15, -0.1) is 0 Å². The molecule has 0 radical (unpaired) electrons. The van der Waals surface area contributed by atoms with Gasteiger partial charge in [0.2, 0.25) is 0 Å². The summed E-state index contributed by atoms with van der Waals surface area (Å²) in [5.41, 5.74) is 5.04. The van der Waals surface area contributed by atoms with Gasteiger partial charge in [0.05, 0.1) is 18.5 Å². The SMILES string of the molecule is Cn1cc(-c2ccc(CN3Cc4cccc(OCCN5CCCCOC5)c4C3=O)cc2)cn1. The van der Waals surface area contributed by atoms with Gasteiger partial charge in [0.25, 0.3) is 5.91 Å². The number of nitrogens with zero attached hydrogens (tertiary/aromatic N) is 4. The first-order valence-corrected chi connectivity index (χ1v) is 11.6. The number of benzene rings is 2. The summed E-state index contributed by atoms with van der Waals surface area (Å²) in [4.78, 5) is 17.4. The van der Waals surface area contributed by atoms with Crippen LogP contribution in [0.2, 0.25) is 0 Å². The van der Waals surface area contributed by atoms with Crippen LogP contribution < -0.4 is 4.74 Å². The van der Waals surface area contributed by atoms with Gasteiger partial charge in [-0.2, -0.15) is 5.10 Å². The van der Waals surface area contributed by atoms with Crippen LogP contribution in [-0.4, -0.2) is 58.5 Å². The Hall–Kier alpha value is -3.16. The number of fused-ring (bicyclic) bond motifs is 1. The summed E-state index contributed by atoms with van der Waals surface area (Å²) in [7, 11) is 1.91. The van der Waals surface area contributed by atoms with Gasteiger partial charge in [-0.25, -0.2) is 0 Å². The van der Waals surface area contributed by atoms with Crippen molar-refractivity contribution in [3.8, 4) is 16.9 Å². The van der Waals surface area contributed by atoms with Gasteiger partial charge >= 0.3 is 0 Å². The molecular weight excluding hydrogens is 416 g/mol. The normalized spacial score (nSPS) is 16.6. The maximum atomic E-state index is 13.2. The molecule has 0 aliphatic carbocycles. The third kappa shape index (κ3) is 4.94. The van der Waals surface area contributed by atoms with Gasteiger partial charge < -0.3 is 14.4 Å². The lowest BCUT2D eigenvalue weighted by molar-refractivity contribution is 0.0426. The van der Waals surface area contributed by atoms with E-state index in [0.717, 1.165) is 54.8 Å². The number of hydrogen-bond acceptors (Lipinski definition) is 5. The van der Waals surface area contributed by atoms with Crippen molar-refractivity contribution in [2.45, 2.75) is 25.9 Å². The maximum Gasteiger partial charge on any atom is 0.258 e. The molecule has 1 amide bonds. The van der Waals surface area contributed by atoms with Crippen molar-refractivity contribution in [1.82, 2.24) is 19.6 Å². The Bertz CT molecular complexity index is 1100. The summed E-state index contributed by atoms with van der Waals surface area (Å²) >= 11 is 0. The Morgan fingerprint density at radius 2 is 1.97 bits per heavy atom. The number of amides is 1. The fourth-order valence-corrected chi connectivity index (χ4v) is 4.49. The first-order chi connectivity index (χ1) is 16.2. The van der Waals surface area contributed by atoms with Crippen molar-refractivity contribution in [2.24, 2.45) is 7.05 Å². The van der Waals surface area contributed by atoms with Crippen LogP contribution in [0.5, 0.6) is 5.75 Å². The molecule has 7 heteroatoms. The molecule has 3 heterocycles. The van der Waals surface area contributed by atoms with Crippen LogP contribution in [0.25, 0.3) is 11.1 Å². The predicted molar refractivity (Wildman–Crippen MR) is 126 cm³/mol. The van der Waals surface area contributed by atoms with Crippen molar-refractivity contribution >= 4 is 5.91 Å². The predicted octanol–water partition coefficient (Wildman–Crippen LogP) is 3.69. The second-order valence-corrected chi connectivity index (χ2v) is 8.76. The highest BCUT2D eigenvalue weighted by Gasteiger charge is 2.30. The van der Waals surface area contributed by atoms with Crippen molar-refractivity contribution < 1.29 is 14.3 Å². The van der Waals surface area contributed by atoms with Gasteiger partial charge in [-0.1, -0.05) is 36.4 Å². The lowest BCUT2D eigenvalue weighted by atomic mass is 10.1. The van der Waals surface area contributed by atoms with E-state index in [0.29, 0.717) is 37.7 Å². The van der Waals surface area contributed by atoms with Crippen molar-refractivity contribution in [2.75, 3.05) is 33.0 Å². The van der Waals surface area contributed by atoms with Gasteiger partial charge in [-0.05, 0) is 35.6 Å². The molecule has 0 unspecified atom stereocenters. The molecule has 2 aromatic carbocycles. The lowest BCUT2D eigenvalue weighted by Gasteiger charge is -2.19. The van der Waals surface area contributed by atoms with Crippen molar-refractivity contribution in [3.63, 3.8) is 0 Å². The van der Waals surface area contributed by atoms with Gasteiger partial charge in [0.15, 0.2) is 0 Å². The molecule has 1 fully saturated rings. The van der Waals surface area contributed by atoms with Crippen LogP contribution in [0.15, 0.2) is 54.9 Å². The highest BCUT2D eigenvalue weighted by molar-refractivity contribution is 6.01. The third-order valence-corrected chi connectivity index (χ3v) is 6.29. The number of aromatic nitrogens is 2. The first kappa shape index (κ1) is 21.7. The Labute approximate surface area is 194 Å². The molecule has 5 rings (SSSR count). The van der Waals surface area contributed by atoms with Crippen LogP contribution in [0.4, 0.5) is 0 Å². The zero-order chi connectivity index (χ0) is 22.6. The molecule has 0 saturated carbocycles. The van der Waals surface area contributed by atoms with Crippen LogP contribution in [0.3, 0.4) is 0 Å². The molecule has 0 N–H and O–H groups in total. The number of aryl methyl sites for hydroxylation is 1. The Kier molecular flexibility index (Phi) is 6.41. The van der Waals surface area contributed by atoms with E-state index in [2.05, 4.69) is 34.3 Å². The highest BCUT2D eigenvalue weighted by atomic mass is 16.5. The van der Waals surface area contributed by atoms with E-state index in [9.17, 15) is 4.79 Å². The number of rotatable bonds is 7. The second kappa shape index (κ2) is 9.77. The largest absolute Gasteiger partial charge is 0.491 e. The van der Waals surface area contributed by atoms with Gasteiger partial charge in [0, 0.05) is 51.6 Å². The van der Waals surface area contributed by atoms with Gasteiger partial charge in [-0.3, -0.25) is 14.4 Å². The zero-order valence-electron chi connectivity index (χ0n) is 19.1. The fourth-order valence-electron chi connectivity index (χ4n) is 4.49. The van der Waals surface area contributed by atoms with E-state index in [1.54, 1.807) is 4.68 Å². The molecule has 2 aliphatic rings. The Morgan fingerprint density at radius 1 is 1.09 bits per heavy atom. The molecule has 7 nitrogen and oxygen atoms in total. The fraction of sp³-hybridized carbons (Fsp3) is 0.385. The quantitative estimate of drug-likeness (QED) is 0.554. The topological polar surface area (TPSA) is 59.8 Å². The summed E-state index contributed by atoms with van der Waals surface area (Å²) in [6.45, 7) is 5.04. The molecule has 3 aromatic rings. The standard InChI is InChI=1S/C26H30N4O3/c1-28-17-23(15-27-28)21-9-7-20(8-10-21)16-30-18-22-5-4-6-24(25(22)26(30)31)33-14-12-29-11-2-3-13-32-19-29/h4-10,15,17H,2-3,11-14,16,18-19H2,1H3. The highest BCUT2D eigenvalue weighted by Crippen LogP contribution is 2.32. The Morgan fingerprint density at radius 3 is 2.79 bits per heavy atom. The van der Waals surface area contributed by atoms with E-state index in [4.69, 9.17) is 9.47 Å². The lowest BCUT2D eigenvalue weighted by Crippen LogP contribution is -2.30. The minimum absolute atomic E-state index is 0.0371. The number of hydrogen-bond donors (Lipinski definition) is 0. The average molecular weight is 447 g/mol. The number of ether oxygens (including phenoxy) is 2. The number of carbonyl (C=O) groups excluding carboxylic acids is 1. The monoisotopic (exact) mass is 446 g/mol. The summed E-state index contributed by atoms with van der Waals surface area (Å²) in [6.07, 6.45) is 6.12. The first-order valence-electron chi connectivity index (χ1n) is 11.6. The molecule has 1 aromatic heterocycles. The summed E-state index contributed by atoms with van der Waals surface area (Å²) in [6, 6.07) is 14.2. The van der Waals surface area contributed by atoms with Crippen molar-refractivity contribution in [1.29, 1.82) is 0 Å². The maximum absolute atomic E-state index is 13.2. The molecule has 0 spiro atoms. The van der Waals surface area contributed by atoms with Crippen LogP contribution >= 0.6 is 0 Å². The van der Waals surface area contributed by atoms with Crippen LogP contribution in [0.1, 0.15) is 34.3 Å². The molecule has 0 bridgehead atoms. The molecule has 1 saturated heterocycles. The van der Waals surface area contributed by atoms with E-state index in [1.807, 2.05) is 42.5 Å². The van der Waals surface area contributed by atoms with Crippen LogP contribution in [-0.2, 0) is 24.9 Å². The zero-order valence-corrected chi connectivity index (χ0v) is 19.1.